The van der Waals surface area contributed by atoms with Crippen molar-refractivity contribution in [3.8, 4) is 33.6 Å². The molecule has 0 radical (unpaired) electrons. The van der Waals surface area contributed by atoms with Crippen LogP contribution in [0.5, 0.6) is 0 Å². The van der Waals surface area contributed by atoms with Crippen LogP contribution in [0.15, 0.2) is 116 Å². The fourth-order valence-corrected chi connectivity index (χ4v) is 9.15. The minimum atomic E-state index is -0.257. The average molecular weight is 773 g/mol. The molecular formula is C48H52N8O2. The summed E-state index contributed by atoms with van der Waals surface area (Å²) in [5.41, 5.74) is 9.08. The highest BCUT2D eigenvalue weighted by Gasteiger charge is 2.39. The van der Waals surface area contributed by atoms with Gasteiger partial charge in [-0.05, 0) is 104 Å². The van der Waals surface area contributed by atoms with Crippen molar-refractivity contribution < 1.29 is 9.59 Å². The first-order valence-electron chi connectivity index (χ1n) is 20.9. The molecule has 0 bridgehead atoms. The Balaban J connectivity index is 0.857. The average Bonchev–Trinajstić information content (AvgIpc) is 4.12. The van der Waals surface area contributed by atoms with E-state index in [9.17, 15) is 9.59 Å². The van der Waals surface area contributed by atoms with Gasteiger partial charge in [-0.25, -0.2) is 9.97 Å². The fraction of sp³-hybridized carbons (Fsp3) is 0.333. The number of carbonyl (C=O) groups is 2. The van der Waals surface area contributed by atoms with Gasteiger partial charge in [0.25, 0.3) is 5.91 Å². The van der Waals surface area contributed by atoms with E-state index < -0.39 is 0 Å². The molecule has 0 aliphatic carbocycles. The van der Waals surface area contributed by atoms with E-state index in [4.69, 9.17) is 9.97 Å². The smallest absolute Gasteiger partial charge is 0.254 e. The molecule has 0 spiro atoms. The van der Waals surface area contributed by atoms with Crippen molar-refractivity contribution in [3.63, 3.8) is 0 Å². The summed E-state index contributed by atoms with van der Waals surface area (Å²) >= 11 is 0. The van der Waals surface area contributed by atoms with Crippen molar-refractivity contribution in [1.29, 1.82) is 0 Å². The molecule has 10 heteroatoms. The van der Waals surface area contributed by atoms with Gasteiger partial charge in [0.15, 0.2) is 0 Å². The highest BCUT2D eigenvalue weighted by Crippen LogP contribution is 2.37. The van der Waals surface area contributed by atoms with Crippen LogP contribution < -0.4 is 4.90 Å². The lowest BCUT2D eigenvalue weighted by molar-refractivity contribution is -0.139. The molecule has 2 N–H and O–H groups in total. The van der Waals surface area contributed by atoms with Gasteiger partial charge in [0.2, 0.25) is 5.91 Å². The third-order valence-electron chi connectivity index (χ3n) is 12.3. The number of benzene rings is 4. The Hall–Kier alpha value is -6.00. The van der Waals surface area contributed by atoms with E-state index in [0.29, 0.717) is 5.56 Å². The number of nitrogens with zero attached hydrogens (tertiary/aromatic N) is 6. The van der Waals surface area contributed by atoms with E-state index in [1.807, 2.05) is 78.8 Å². The van der Waals surface area contributed by atoms with Gasteiger partial charge >= 0.3 is 0 Å². The summed E-state index contributed by atoms with van der Waals surface area (Å²) in [7, 11) is 4.00. The molecule has 3 fully saturated rings. The van der Waals surface area contributed by atoms with Crippen LogP contribution in [0.1, 0.15) is 90.6 Å². The number of aromatic nitrogens is 4. The number of hydrogen-bond donors (Lipinski definition) is 2. The van der Waals surface area contributed by atoms with E-state index in [1.54, 1.807) is 0 Å². The summed E-state index contributed by atoms with van der Waals surface area (Å²) < 4.78 is 0. The Labute approximate surface area is 340 Å². The Morgan fingerprint density at radius 3 is 1.67 bits per heavy atom. The summed E-state index contributed by atoms with van der Waals surface area (Å²) in [4.78, 5) is 53.0. The van der Waals surface area contributed by atoms with Crippen LogP contribution in [-0.4, -0.2) is 86.7 Å². The first-order chi connectivity index (χ1) is 28.4. The number of carbonyl (C=O) groups excluding carboxylic acids is 2. The van der Waals surface area contributed by atoms with Crippen molar-refractivity contribution in [2.24, 2.45) is 0 Å². The molecule has 2 amide bonds. The summed E-state index contributed by atoms with van der Waals surface area (Å²) in [5.74, 6) is 1.91. The minimum absolute atomic E-state index is 0.0434. The van der Waals surface area contributed by atoms with Gasteiger partial charge in [-0.2, -0.15) is 0 Å². The number of nitrogens with one attached hydrogen (secondary N) is 2. The van der Waals surface area contributed by atoms with Crippen molar-refractivity contribution >= 4 is 17.5 Å². The Morgan fingerprint density at radius 2 is 1.12 bits per heavy atom. The van der Waals surface area contributed by atoms with E-state index in [-0.39, 0.29) is 29.9 Å². The monoisotopic (exact) mass is 772 g/mol. The number of piperidine rings is 1. The molecule has 2 aromatic heterocycles. The van der Waals surface area contributed by atoms with E-state index in [1.165, 1.54) is 6.42 Å². The zero-order chi connectivity index (χ0) is 39.6. The summed E-state index contributed by atoms with van der Waals surface area (Å²) in [6, 6.07) is 34.8. The number of hydrogen-bond acceptors (Lipinski definition) is 6. The summed E-state index contributed by atoms with van der Waals surface area (Å²) in [6.45, 7) is 3.38. The van der Waals surface area contributed by atoms with Crippen LogP contribution in [0.2, 0.25) is 0 Å². The van der Waals surface area contributed by atoms with Crippen LogP contribution >= 0.6 is 0 Å². The molecule has 3 aliphatic heterocycles. The van der Waals surface area contributed by atoms with E-state index >= 15 is 0 Å². The highest BCUT2D eigenvalue weighted by atomic mass is 16.2. The van der Waals surface area contributed by atoms with Crippen molar-refractivity contribution in [1.82, 2.24) is 34.6 Å². The lowest BCUT2D eigenvalue weighted by Crippen LogP contribution is -2.44. The van der Waals surface area contributed by atoms with Crippen LogP contribution in [0.4, 0.5) is 5.69 Å². The maximum Gasteiger partial charge on any atom is 0.254 e. The Kier molecular flexibility index (Phi) is 10.7. The largest absolute Gasteiger partial charge is 0.378 e. The quantitative estimate of drug-likeness (QED) is 0.144. The highest BCUT2D eigenvalue weighted by molar-refractivity contribution is 5.95. The maximum absolute atomic E-state index is 14.4. The zero-order valence-electron chi connectivity index (χ0n) is 33.5. The van der Waals surface area contributed by atoms with Gasteiger partial charge in [0, 0.05) is 38.4 Å². The third kappa shape index (κ3) is 7.56. The predicted molar refractivity (Wildman–Crippen MR) is 229 cm³/mol. The molecule has 3 aliphatic rings. The topological polar surface area (TPSA) is 104 Å². The first kappa shape index (κ1) is 37.6. The number of aromatic amines is 2. The lowest BCUT2D eigenvalue weighted by Gasteiger charge is -2.37. The number of imidazole rings is 2. The van der Waals surface area contributed by atoms with Gasteiger partial charge in [-0.1, -0.05) is 85.3 Å². The van der Waals surface area contributed by atoms with Crippen molar-refractivity contribution in [2.45, 2.75) is 63.1 Å². The first-order valence-corrected chi connectivity index (χ1v) is 20.9. The van der Waals surface area contributed by atoms with Crippen molar-refractivity contribution in [3.05, 3.63) is 138 Å². The molecule has 5 heterocycles. The van der Waals surface area contributed by atoms with Gasteiger partial charge in [0.1, 0.15) is 17.7 Å². The maximum atomic E-state index is 14.4. The number of amides is 2. The SMILES string of the molecule is CN(C)c1ccc(C(=O)N2CCC[C@H]2c2ncc(-c3ccc(-c4ccc(-c5cnc([C@@H]6CCCN6C(=O)[C@@H](c6ccccc6)N6CCCCC6)[nH]5)cc4)cc3)[nH]2)cc1. The van der Waals surface area contributed by atoms with Gasteiger partial charge < -0.3 is 24.7 Å². The number of rotatable bonds is 10. The molecular weight excluding hydrogens is 721 g/mol. The summed E-state index contributed by atoms with van der Waals surface area (Å²) in [6.07, 6.45) is 11.0. The number of anilines is 1. The molecule has 3 saturated heterocycles. The second-order valence-electron chi connectivity index (χ2n) is 16.2. The third-order valence-corrected chi connectivity index (χ3v) is 12.3. The molecule has 10 nitrogen and oxygen atoms in total. The van der Waals surface area contributed by atoms with Gasteiger partial charge in [-0.15, -0.1) is 0 Å². The molecule has 0 saturated carbocycles. The number of likely N-dealkylation sites (tertiary alicyclic amines) is 3. The second kappa shape index (κ2) is 16.5. The zero-order valence-corrected chi connectivity index (χ0v) is 33.5. The molecule has 9 rings (SSSR count). The van der Waals surface area contributed by atoms with Crippen LogP contribution in [0, 0.1) is 0 Å². The Bertz CT molecular complexity index is 2330. The van der Waals surface area contributed by atoms with Gasteiger partial charge in [-0.3, -0.25) is 14.5 Å². The van der Waals surface area contributed by atoms with E-state index in [0.717, 1.165) is 121 Å². The minimum Gasteiger partial charge on any atom is -0.378 e. The van der Waals surface area contributed by atoms with Crippen LogP contribution in [0.3, 0.4) is 0 Å². The molecule has 6 aromatic rings. The lowest BCUT2D eigenvalue weighted by atomic mass is 10.00. The fourth-order valence-electron chi connectivity index (χ4n) is 9.15. The second-order valence-corrected chi connectivity index (χ2v) is 16.2. The number of H-pyrrole nitrogens is 2. The predicted octanol–water partition coefficient (Wildman–Crippen LogP) is 9.07. The molecule has 3 atom stereocenters. The van der Waals surface area contributed by atoms with Gasteiger partial charge in [0.05, 0.1) is 35.9 Å². The van der Waals surface area contributed by atoms with E-state index in [2.05, 4.69) is 80.4 Å². The molecule has 0 unspecified atom stereocenters. The van der Waals surface area contributed by atoms with Crippen LogP contribution in [0.25, 0.3) is 33.6 Å². The standard InChI is InChI=1S/C48H52N8O2/c1-53(2)39-25-23-38(24-26-39)47(57)55-29-9-13-42(55)45-49-31-40(51-45)35-19-15-33(16-20-35)34-17-21-36(22-18-34)41-32-50-46(52-41)43-14-10-30-56(43)48(58)44(37-11-5-3-6-12-37)54-27-7-4-8-28-54/h3,5-6,11-12,15-26,31-32,42-44H,4,7-10,13-14,27-30H2,1-2H3,(H,49,51)(H,50,52)/t42-,43-,44+/m0/s1. The van der Waals surface area contributed by atoms with Crippen molar-refractivity contribution in [2.75, 3.05) is 45.2 Å². The molecule has 4 aromatic carbocycles. The molecule has 58 heavy (non-hydrogen) atoms. The Morgan fingerprint density at radius 1 is 0.603 bits per heavy atom. The summed E-state index contributed by atoms with van der Waals surface area (Å²) in [5, 5.41) is 0. The molecule has 296 valence electrons. The van der Waals surface area contributed by atoms with Crippen LogP contribution in [-0.2, 0) is 4.79 Å². The normalized spacial score (nSPS) is 19.1.